The second kappa shape index (κ2) is 4.43. The fourth-order valence-corrected chi connectivity index (χ4v) is 1.76. The van der Waals surface area contributed by atoms with Crippen LogP contribution in [0.3, 0.4) is 0 Å². The number of hydrogen-bond donors (Lipinski definition) is 0. The molecule has 1 aromatic rings. The summed E-state index contributed by atoms with van der Waals surface area (Å²) in [6.45, 7) is 0.877. The van der Waals surface area contributed by atoms with Crippen LogP contribution >= 0.6 is 0 Å². The van der Waals surface area contributed by atoms with E-state index in [1.54, 1.807) is 11.0 Å². The molecule has 0 spiro atoms. The number of carbonyl (C=O) groups is 2. The lowest BCUT2D eigenvalue weighted by Gasteiger charge is -2.26. The zero-order chi connectivity index (χ0) is 11.5. The van der Waals surface area contributed by atoms with Crippen LogP contribution in [0.4, 0.5) is 4.39 Å². The fourth-order valence-electron chi connectivity index (χ4n) is 1.76. The molecule has 1 heterocycles. The highest BCUT2D eigenvalue weighted by atomic mass is 19.1. The van der Waals surface area contributed by atoms with Crippen molar-refractivity contribution in [2.45, 2.75) is 12.8 Å². The van der Waals surface area contributed by atoms with Crippen molar-refractivity contribution in [2.24, 2.45) is 0 Å². The highest BCUT2D eigenvalue weighted by molar-refractivity contribution is 5.95. The van der Waals surface area contributed by atoms with E-state index in [4.69, 9.17) is 0 Å². The number of Topliss-reactive ketones (excluding diaryl/α,β-unsaturated/α-hetero) is 1. The van der Waals surface area contributed by atoms with Gasteiger partial charge in [-0.05, 0) is 18.2 Å². The minimum absolute atomic E-state index is 0.184. The third kappa shape index (κ3) is 2.27. The largest absolute Gasteiger partial charge is 0.338 e. The minimum Gasteiger partial charge on any atom is -0.338 e. The van der Waals surface area contributed by atoms with Gasteiger partial charge in [0.25, 0.3) is 5.91 Å². The first-order valence-electron chi connectivity index (χ1n) is 5.23. The molecular weight excluding hydrogens is 209 g/mol. The lowest BCUT2D eigenvalue weighted by molar-refractivity contribution is -0.120. The zero-order valence-electron chi connectivity index (χ0n) is 8.78. The lowest BCUT2D eigenvalue weighted by atomic mass is 10.1. The quantitative estimate of drug-likeness (QED) is 0.722. The summed E-state index contributed by atoms with van der Waals surface area (Å²) in [6, 6.07) is 5.62. The number of piperidine rings is 1. The van der Waals surface area contributed by atoms with Crippen molar-refractivity contribution in [3.05, 3.63) is 35.6 Å². The third-order valence-electron chi connectivity index (χ3n) is 2.68. The molecule has 0 atom stereocenters. The number of likely N-dealkylation sites (tertiary alicyclic amines) is 1. The Morgan fingerprint density at radius 1 is 1.25 bits per heavy atom. The Labute approximate surface area is 92.9 Å². The topological polar surface area (TPSA) is 37.4 Å². The lowest BCUT2D eigenvalue weighted by Crippen LogP contribution is -2.38. The van der Waals surface area contributed by atoms with Crippen LogP contribution in [0.1, 0.15) is 23.2 Å². The third-order valence-corrected chi connectivity index (χ3v) is 2.68. The van der Waals surface area contributed by atoms with Crippen molar-refractivity contribution in [3.8, 4) is 0 Å². The molecule has 1 aromatic carbocycles. The second-order valence-electron chi connectivity index (χ2n) is 3.84. The number of amides is 1. The van der Waals surface area contributed by atoms with E-state index >= 15 is 0 Å². The molecule has 0 aromatic heterocycles. The van der Waals surface area contributed by atoms with Crippen molar-refractivity contribution in [1.29, 1.82) is 0 Å². The van der Waals surface area contributed by atoms with Crippen LogP contribution < -0.4 is 0 Å². The van der Waals surface area contributed by atoms with Gasteiger partial charge in [0, 0.05) is 31.5 Å². The van der Waals surface area contributed by atoms with Crippen molar-refractivity contribution >= 4 is 11.7 Å². The first-order valence-corrected chi connectivity index (χ1v) is 5.23. The van der Waals surface area contributed by atoms with Crippen LogP contribution in [-0.4, -0.2) is 29.7 Å². The predicted octanol–water partition coefficient (Wildman–Crippen LogP) is 1.63. The number of ketones is 1. The van der Waals surface area contributed by atoms with Gasteiger partial charge < -0.3 is 4.90 Å². The highest BCUT2D eigenvalue weighted by Gasteiger charge is 2.21. The summed E-state index contributed by atoms with van der Waals surface area (Å²) < 4.78 is 12.9. The Kier molecular flexibility index (Phi) is 2.99. The van der Waals surface area contributed by atoms with Gasteiger partial charge in [-0.1, -0.05) is 6.07 Å². The minimum atomic E-state index is -0.418. The molecule has 0 bridgehead atoms. The first kappa shape index (κ1) is 10.8. The number of benzene rings is 1. The van der Waals surface area contributed by atoms with E-state index in [9.17, 15) is 14.0 Å². The summed E-state index contributed by atoms with van der Waals surface area (Å²) in [6.07, 6.45) is 0.808. The second-order valence-corrected chi connectivity index (χ2v) is 3.84. The van der Waals surface area contributed by atoms with Gasteiger partial charge in [0.05, 0.1) is 0 Å². The molecule has 1 saturated heterocycles. The van der Waals surface area contributed by atoms with Crippen LogP contribution in [0.25, 0.3) is 0 Å². The monoisotopic (exact) mass is 221 g/mol. The number of rotatable bonds is 1. The van der Waals surface area contributed by atoms with Crippen LogP contribution in [0, 0.1) is 5.82 Å². The molecule has 3 nitrogen and oxygen atoms in total. The molecule has 4 heteroatoms. The Hall–Kier alpha value is -1.71. The summed E-state index contributed by atoms with van der Waals surface area (Å²) in [5.74, 6) is -0.436. The molecule has 1 amide bonds. The predicted molar refractivity (Wildman–Crippen MR) is 56.5 cm³/mol. The van der Waals surface area contributed by atoms with E-state index in [1.165, 1.54) is 18.2 Å². The van der Waals surface area contributed by atoms with Gasteiger partial charge in [0.2, 0.25) is 0 Å². The summed E-state index contributed by atoms with van der Waals surface area (Å²) in [7, 11) is 0. The van der Waals surface area contributed by atoms with E-state index in [0.717, 1.165) is 0 Å². The van der Waals surface area contributed by atoms with Gasteiger partial charge in [0.1, 0.15) is 11.6 Å². The van der Waals surface area contributed by atoms with E-state index in [0.29, 0.717) is 31.5 Å². The van der Waals surface area contributed by atoms with E-state index in [1.807, 2.05) is 0 Å². The van der Waals surface area contributed by atoms with Gasteiger partial charge in [-0.3, -0.25) is 9.59 Å². The molecule has 1 aliphatic rings. The summed E-state index contributed by atoms with van der Waals surface area (Å²) in [4.78, 5) is 24.5. The standard InChI is InChI=1S/C12H12FNO2/c13-10-3-1-2-9(8-10)12(16)14-6-4-11(15)5-7-14/h1-3,8H,4-7H2. The van der Waals surface area contributed by atoms with Crippen molar-refractivity contribution in [3.63, 3.8) is 0 Å². The van der Waals surface area contributed by atoms with E-state index < -0.39 is 5.82 Å². The van der Waals surface area contributed by atoms with Crippen LogP contribution in [-0.2, 0) is 4.79 Å². The van der Waals surface area contributed by atoms with Crippen molar-refractivity contribution < 1.29 is 14.0 Å². The normalized spacial score (nSPS) is 16.3. The molecular formula is C12H12FNO2. The molecule has 1 aliphatic heterocycles. The van der Waals surface area contributed by atoms with E-state index in [-0.39, 0.29) is 11.7 Å². The van der Waals surface area contributed by atoms with Crippen LogP contribution in [0.15, 0.2) is 24.3 Å². The number of carbonyl (C=O) groups excluding carboxylic acids is 2. The summed E-state index contributed by atoms with van der Waals surface area (Å²) >= 11 is 0. The van der Waals surface area contributed by atoms with Gasteiger partial charge in [-0.15, -0.1) is 0 Å². The number of halogens is 1. The maximum atomic E-state index is 12.9. The average Bonchev–Trinajstić information content (AvgIpc) is 2.29. The average molecular weight is 221 g/mol. The molecule has 0 radical (unpaired) electrons. The smallest absolute Gasteiger partial charge is 0.253 e. The number of hydrogen-bond acceptors (Lipinski definition) is 2. The molecule has 0 N–H and O–H groups in total. The summed E-state index contributed by atoms with van der Waals surface area (Å²) in [5, 5.41) is 0. The summed E-state index contributed by atoms with van der Waals surface area (Å²) in [5.41, 5.74) is 0.342. The molecule has 0 unspecified atom stereocenters. The Balaban J connectivity index is 2.10. The number of nitrogens with zero attached hydrogens (tertiary/aromatic N) is 1. The molecule has 0 aliphatic carbocycles. The Morgan fingerprint density at radius 2 is 1.94 bits per heavy atom. The molecule has 2 rings (SSSR count). The molecule has 0 saturated carbocycles. The Morgan fingerprint density at radius 3 is 2.56 bits per heavy atom. The van der Waals surface area contributed by atoms with Gasteiger partial charge in [0.15, 0.2) is 0 Å². The molecule has 1 fully saturated rings. The van der Waals surface area contributed by atoms with Gasteiger partial charge in [-0.2, -0.15) is 0 Å². The first-order chi connectivity index (χ1) is 7.66. The zero-order valence-corrected chi connectivity index (χ0v) is 8.78. The van der Waals surface area contributed by atoms with Crippen LogP contribution in [0.5, 0.6) is 0 Å². The molecule has 84 valence electrons. The van der Waals surface area contributed by atoms with Crippen molar-refractivity contribution in [1.82, 2.24) is 4.90 Å². The Bertz CT molecular complexity index is 421. The van der Waals surface area contributed by atoms with Crippen molar-refractivity contribution in [2.75, 3.05) is 13.1 Å². The van der Waals surface area contributed by atoms with Crippen LogP contribution in [0.2, 0.25) is 0 Å². The van der Waals surface area contributed by atoms with E-state index in [2.05, 4.69) is 0 Å². The highest BCUT2D eigenvalue weighted by Crippen LogP contribution is 2.12. The maximum absolute atomic E-state index is 12.9. The maximum Gasteiger partial charge on any atom is 0.253 e. The van der Waals surface area contributed by atoms with Gasteiger partial charge >= 0.3 is 0 Å². The SMILES string of the molecule is O=C1CCN(C(=O)c2cccc(F)c2)CC1. The fraction of sp³-hybridized carbons (Fsp3) is 0.333. The van der Waals surface area contributed by atoms with Gasteiger partial charge in [-0.25, -0.2) is 4.39 Å². The molecule has 16 heavy (non-hydrogen) atoms.